The second kappa shape index (κ2) is 4.42. The predicted molar refractivity (Wildman–Crippen MR) is 64.4 cm³/mol. The van der Waals surface area contributed by atoms with Gasteiger partial charge in [0.1, 0.15) is 12.2 Å². The maximum Gasteiger partial charge on any atom is 0.161 e. The van der Waals surface area contributed by atoms with Crippen LogP contribution in [0.5, 0.6) is 0 Å². The Balaban J connectivity index is 2.04. The van der Waals surface area contributed by atoms with E-state index >= 15 is 0 Å². The average molecular weight is 263 g/mol. The lowest BCUT2D eigenvalue weighted by Gasteiger charge is -2.05. The molecule has 0 fully saturated rings. The van der Waals surface area contributed by atoms with E-state index in [0.717, 1.165) is 18.0 Å². The van der Waals surface area contributed by atoms with Gasteiger partial charge in [-0.05, 0) is 6.92 Å². The fourth-order valence-electron chi connectivity index (χ4n) is 2.01. The van der Waals surface area contributed by atoms with Crippen LogP contribution in [0.15, 0.2) is 24.8 Å². The molecule has 0 spiro atoms. The largest absolute Gasteiger partial charge is 0.323 e. The molecule has 2 aromatic heterocycles. The van der Waals surface area contributed by atoms with Crippen molar-refractivity contribution in [2.45, 2.75) is 20.0 Å². The topological polar surface area (TPSA) is 48.5 Å². The van der Waals surface area contributed by atoms with Gasteiger partial charge >= 0.3 is 0 Å². The fraction of sp³-hybridized carbons (Fsp3) is 0.250. The molecular weight excluding hydrogens is 252 g/mol. The maximum atomic E-state index is 13.3. The Labute approximate surface area is 107 Å². The van der Waals surface area contributed by atoms with Crippen LogP contribution in [-0.4, -0.2) is 24.3 Å². The molecule has 98 valence electrons. The van der Waals surface area contributed by atoms with Gasteiger partial charge in [-0.1, -0.05) is 0 Å². The van der Waals surface area contributed by atoms with Crippen LogP contribution >= 0.6 is 0 Å². The predicted octanol–water partition coefficient (Wildman–Crippen LogP) is 1.97. The van der Waals surface area contributed by atoms with Crippen molar-refractivity contribution in [2.24, 2.45) is 0 Å². The van der Waals surface area contributed by atoms with E-state index in [1.807, 2.05) is 6.92 Å². The zero-order valence-electron chi connectivity index (χ0n) is 10.2. The van der Waals surface area contributed by atoms with Crippen molar-refractivity contribution in [3.63, 3.8) is 0 Å². The first-order chi connectivity index (χ1) is 9.19. The summed E-state index contributed by atoms with van der Waals surface area (Å²) >= 11 is 0. The summed E-state index contributed by atoms with van der Waals surface area (Å²) in [6.07, 6.45) is 3.01. The number of hydrogen-bond donors (Lipinski definition) is 0. The molecule has 0 amide bonds. The second-order valence-electron chi connectivity index (χ2n) is 4.12. The molecule has 0 aliphatic carbocycles. The Morgan fingerprint density at radius 1 is 1.16 bits per heavy atom. The normalized spacial score (nSPS) is 11.3. The summed E-state index contributed by atoms with van der Waals surface area (Å²) in [5.41, 5.74) is 0.950. The lowest BCUT2D eigenvalue weighted by atomic mass is 10.3. The van der Waals surface area contributed by atoms with E-state index in [-0.39, 0.29) is 0 Å². The Morgan fingerprint density at radius 2 is 1.95 bits per heavy atom. The molecule has 0 N–H and O–H groups in total. The molecule has 0 bridgehead atoms. The molecular formula is C12H11F2N5. The minimum atomic E-state index is -0.894. The number of imidazole rings is 1. The molecule has 0 aliphatic rings. The summed E-state index contributed by atoms with van der Waals surface area (Å²) in [5.74, 6) is -1.03. The molecule has 0 saturated heterocycles. The lowest BCUT2D eigenvalue weighted by molar-refractivity contribution is 0.510. The van der Waals surface area contributed by atoms with Crippen LogP contribution in [0.2, 0.25) is 0 Å². The summed E-state index contributed by atoms with van der Waals surface area (Å²) < 4.78 is 29.8. The molecule has 0 atom stereocenters. The smallest absolute Gasteiger partial charge is 0.161 e. The van der Waals surface area contributed by atoms with Gasteiger partial charge in [0.15, 0.2) is 11.6 Å². The average Bonchev–Trinajstić information content (AvgIpc) is 2.99. The van der Waals surface area contributed by atoms with Crippen LogP contribution < -0.4 is 0 Å². The SMILES string of the molecule is CCn1ncnc1Cn1cnc2cc(F)c(F)cc21. The lowest BCUT2D eigenvalue weighted by Crippen LogP contribution is -2.08. The van der Waals surface area contributed by atoms with Crippen molar-refractivity contribution >= 4 is 11.0 Å². The fourth-order valence-corrected chi connectivity index (χ4v) is 2.01. The number of rotatable bonds is 3. The zero-order valence-corrected chi connectivity index (χ0v) is 10.2. The molecule has 0 unspecified atom stereocenters. The molecule has 5 nitrogen and oxygen atoms in total. The minimum Gasteiger partial charge on any atom is -0.323 e. The van der Waals surface area contributed by atoms with Crippen molar-refractivity contribution in [1.82, 2.24) is 24.3 Å². The number of benzene rings is 1. The van der Waals surface area contributed by atoms with Gasteiger partial charge < -0.3 is 4.57 Å². The van der Waals surface area contributed by atoms with Crippen LogP contribution in [0.4, 0.5) is 8.78 Å². The summed E-state index contributed by atoms with van der Waals surface area (Å²) in [6.45, 7) is 3.07. The first-order valence-electron chi connectivity index (χ1n) is 5.85. The molecule has 0 radical (unpaired) electrons. The van der Waals surface area contributed by atoms with Crippen LogP contribution in [0.3, 0.4) is 0 Å². The summed E-state index contributed by atoms with van der Waals surface area (Å²) in [5, 5.41) is 4.06. The van der Waals surface area contributed by atoms with Gasteiger partial charge in [-0.15, -0.1) is 0 Å². The van der Waals surface area contributed by atoms with Crippen LogP contribution in [-0.2, 0) is 13.1 Å². The van der Waals surface area contributed by atoms with Crippen molar-refractivity contribution in [3.8, 4) is 0 Å². The maximum absolute atomic E-state index is 13.3. The summed E-state index contributed by atoms with van der Waals surface area (Å²) in [7, 11) is 0. The van der Waals surface area contributed by atoms with Crippen LogP contribution in [0, 0.1) is 11.6 Å². The standard InChI is InChI=1S/C12H11F2N5/c1-2-19-12(15-6-17-19)5-18-7-16-10-3-8(13)9(14)4-11(10)18/h3-4,6-7H,2,5H2,1H3. The molecule has 3 rings (SSSR count). The van der Waals surface area contributed by atoms with E-state index in [9.17, 15) is 8.78 Å². The van der Waals surface area contributed by atoms with Crippen molar-refractivity contribution in [3.05, 3.63) is 42.2 Å². The van der Waals surface area contributed by atoms with E-state index in [2.05, 4.69) is 15.1 Å². The number of hydrogen-bond acceptors (Lipinski definition) is 3. The van der Waals surface area contributed by atoms with Gasteiger partial charge in [0.05, 0.1) is 23.9 Å². The minimum absolute atomic E-state index is 0.412. The van der Waals surface area contributed by atoms with E-state index in [1.54, 1.807) is 9.25 Å². The third-order valence-electron chi connectivity index (χ3n) is 2.97. The molecule has 3 aromatic rings. The third-order valence-corrected chi connectivity index (χ3v) is 2.97. The molecule has 2 heterocycles. The van der Waals surface area contributed by atoms with E-state index in [0.29, 0.717) is 24.1 Å². The first kappa shape index (κ1) is 11.8. The first-order valence-corrected chi connectivity index (χ1v) is 5.85. The second-order valence-corrected chi connectivity index (χ2v) is 4.12. The van der Waals surface area contributed by atoms with Gasteiger partial charge in [-0.2, -0.15) is 5.10 Å². The third kappa shape index (κ3) is 1.96. The van der Waals surface area contributed by atoms with Gasteiger partial charge in [0, 0.05) is 18.7 Å². The quantitative estimate of drug-likeness (QED) is 0.726. The van der Waals surface area contributed by atoms with Crippen LogP contribution in [0.25, 0.3) is 11.0 Å². The van der Waals surface area contributed by atoms with Crippen LogP contribution in [0.1, 0.15) is 12.7 Å². The Hall–Kier alpha value is -2.31. The molecule has 7 heteroatoms. The number of nitrogens with zero attached hydrogens (tertiary/aromatic N) is 5. The highest BCUT2D eigenvalue weighted by molar-refractivity contribution is 5.75. The van der Waals surface area contributed by atoms with Gasteiger partial charge in [-0.25, -0.2) is 23.4 Å². The van der Waals surface area contributed by atoms with Gasteiger partial charge in [0.25, 0.3) is 0 Å². The van der Waals surface area contributed by atoms with Crippen molar-refractivity contribution in [1.29, 1.82) is 0 Å². The van der Waals surface area contributed by atoms with Gasteiger partial charge in [0.2, 0.25) is 0 Å². The van der Waals surface area contributed by atoms with Crippen molar-refractivity contribution in [2.75, 3.05) is 0 Å². The van der Waals surface area contributed by atoms with E-state index < -0.39 is 11.6 Å². The van der Waals surface area contributed by atoms with E-state index in [1.165, 1.54) is 12.7 Å². The highest BCUT2D eigenvalue weighted by atomic mass is 19.2. The summed E-state index contributed by atoms with van der Waals surface area (Å²) in [4.78, 5) is 8.20. The van der Waals surface area contributed by atoms with Crippen molar-refractivity contribution < 1.29 is 8.78 Å². The molecule has 19 heavy (non-hydrogen) atoms. The number of aromatic nitrogens is 5. The number of aryl methyl sites for hydroxylation is 1. The zero-order chi connectivity index (χ0) is 13.4. The molecule has 0 aliphatic heterocycles. The number of halogens is 2. The Morgan fingerprint density at radius 3 is 2.74 bits per heavy atom. The monoisotopic (exact) mass is 263 g/mol. The van der Waals surface area contributed by atoms with Gasteiger partial charge in [-0.3, -0.25) is 0 Å². The summed E-state index contributed by atoms with van der Waals surface area (Å²) in [6, 6.07) is 2.23. The highest BCUT2D eigenvalue weighted by Gasteiger charge is 2.11. The Bertz CT molecular complexity index is 731. The number of fused-ring (bicyclic) bond motifs is 1. The Kier molecular flexibility index (Phi) is 2.73. The molecule has 0 saturated carbocycles. The highest BCUT2D eigenvalue weighted by Crippen LogP contribution is 2.18. The molecule has 1 aromatic carbocycles. The van der Waals surface area contributed by atoms with E-state index in [4.69, 9.17) is 0 Å².